The average molecular weight is 306 g/mol. The quantitative estimate of drug-likeness (QED) is 0.915. The molecule has 2 heterocycles. The van der Waals surface area contributed by atoms with Crippen molar-refractivity contribution in [2.75, 3.05) is 18.6 Å². The maximum atomic E-state index is 3.52. The zero-order chi connectivity index (χ0) is 10.7. The fourth-order valence-corrected chi connectivity index (χ4v) is 4.93. The van der Waals surface area contributed by atoms with E-state index < -0.39 is 0 Å². The molecule has 1 fully saturated rings. The van der Waals surface area contributed by atoms with Gasteiger partial charge in [-0.1, -0.05) is 0 Å². The highest BCUT2D eigenvalue weighted by Crippen LogP contribution is 2.30. The Bertz CT molecular complexity index is 307. The first-order chi connectivity index (χ1) is 7.29. The van der Waals surface area contributed by atoms with Crippen LogP contribution < -0.4 is 5.32 Å². The molecule has 0 radical (unpaired) electrons. The van der Waals surface area contributed by atoms with Crippen LogP contribution in [0.25, 0.3) is 0 Å². The lowest BCUT2D eigenvalue weighted by Crippen LogP contribution is -2.35. The van der Waals surface area contributed by atoms with Gasteiger partial charge in [0.05, 0.1) is 3.79 Å². The monoisotopic (exact) mass is 305 g/mol. The molecule has 0 aromatic carbocycles. The number of halogens is 1. The van der Waals surface area contributed by atoms with Crippen LogP contribution in [0.4, 0.5) is 0 Å². The second-order valence-corrected chi connectivity index (χ2v) is 7.63. The SMILES string of the molecule is CNC(Cc1ccc(Br)s1)C1CCSC1. The number of hydrogen-bond acceptors (Lipinski definition) is 3. The lowest BCUT2D eigenvalue weighted by atomic mass is 9.96. The predicted octanol–water partition coefficient (Wildman–Crippen LogP) is 3.39. The summed E-state index contributed by atoms with van der Waals surface area (Å²) in [5.41, 5.74) is 0. The summed E-state index contributed by atoms with van der Waals surface area (Å²) in [5, 5.41) is 3.48. The van der Waals surface area contributed by atoms with E-state index in [9.17, 15) is 0 Å². The van der Waals surface area contributed by atoms with Crippen molar-refractivity contribution in [3.8, 4) is 0 Å². The van der Waals surface area contributed by atoms with Crippen LogP contribution in [0.15, 0.2) is 15.9 Å². The van der Waals surface area contributed by atoms with E-state index in [0.29, 0.717) is 6.04 Å². The van der Waals surface area contributed by atoms with Gasteiger partial charge in [0.2, 0.25) is 0 Å². The van der Waals surface area contributed by atoms with Crippen LogP contribution in [0.2, 0.25) is 0 Å². The lowest BCUT2D eigenvalue weighted by Gasteiger charge is -2.21. The van der Waals surface area contributed by atoms with Crippen molar-refractivity contribution < 1.29 is 0 Å². The van der Waals surface area contributed by atoms with Crippen LogP contribution in [-0.2, 0) is 6.42 Å². The highest BCUT2D eigenvalue weighted by molar-refractivity contribution is 9.11. The molecule has 0 bridgehead atoms. The van der Waals surface area contributed by atoms with Crippen molar-refractivity contribution in [2.45, 2.75) is 18.9 Å². The maximum Gasteiger partial charge on any atom is 0.0701 e. The Morgan fingerprint density at radius 3 is 3.00 bits per heavy atom. The molecule has 1 aromatic rings. The lowest BCUT2D eigenvalue weighted by molar-refractivity contribution is 0.406. The van der Waals surface area contributed by atoms with E-state index in [1.807, 2.05) is 11.3 Å². The predicted molar refractivity (Wildman–Crippen MR) is 74.0 cm³/mol. The van der Waals surface area contributed by atoms with E-state index in [2.05, 4.69) is 52.2 Å². The van der Waals surface area contributed by atoms with E-state index in [4.69, 9.17) is 0 Å². The Morgan fingerprint density at radius 1 is 1.60 bits per heavy atom. The number of rotatable bonds is 4. The first-order valence-corrected chi connectivity index (χ1v) is 8.05. The van der Waals surface area contributed by atoms with Crippen LogP contribution in [0.5, 0.6) is 0 Å². The molecule has 1 aromatic heterocycles. The minimum absolute atomic E-state index is 0.658. The summed E-state index contributed by atoms with van der Waals surface area (Å²) < 4.78 is 1.24. The topological polar surface area (TPSA) is 12.0 Å². The first-order valence-electron chi connectivity index (χ1n) is 5.29. The van der Waals surface area contributed by atoms with Gasteiger partial charge < -0.3 is 5.32 Å². The second-order valence-electron chi connectivity index (χ2n) is 3.93. The third kappa shape index (κ3) is 3.22. The number of hydrogen-bond donors (Lipinski definition) is 1. The molecule has 1 aliphatic heterocycles. The molecule has 0 amide bonds. The minimum atomic E-state index is 0.658. The number of likely N-dealkylation sites (N-methyl/N-ethyl adjacent to an activating group) is 1. The molecule has 1 aliphatic rings. The van der Waals surface area contributed by atoms with E-state index in [1.165, 1.54) is 33.0 Å². The molecule has 0 aliphatic carbocycles. The van der Waals surface area contributed by atoms with Gasteiger partial charge in [0.1, 0.15) is 0 Å². The molecule has 15 heavy (non-hydrogen) atoms. The van der Waals surface area contributed by atoms with Gasteiger partial charge in [-0.05, 0) is 65.4 Å². The molecule has 1 N–H and O–H groups in total. The van der Waals surface area contributed by atoms with E-state index in [0.717, 1.165) is 5.92 Å². The molecule has 1 saturated heterocycles. The average Bonchev–Trinajstić information content (AvgIpc) is 2.85. The Kier molecular flexibility index (Phi) is 4.55. The summed E-state index contributed by atoms with van der Waals surface area (Å²) in [6, 6.07) is 5.04. The van der Waals surface area contributed by atoms with Crippen LogP contribution in [0, 0.1) is 5.92 Å². The van der Waals surface area contributed by atoms with Crippen molar-refractivity contribution in [3.05, 3.63) is 20.8 Å². The molecule has 2 unspecified atom stereocenters. The van der Waals surface area contributed by atoms with Gasteiger partial charge in [-0.2, -0.15) is 11.8 Å². The first kappa shape index (κ1) is 12.0. The zero-order valence-electron chi connectivity index (χ0n) is 8.83. The van der Waals surface area contributed by atoms with Crippen molar-refractivity contribution >= 4 is 39.0 Å². The van der Waals surface area contributed by atoms with Gasteiger partial charge in [-0.3, -0.25) is 0 Å². The van der Waals surface area contributed by atoms with E-state index in [-0.39, 0.29) is 0 Å². The van der Waals surface area contributed by atoms with Gasteiger partial charge in [0.15, 0.2) is 0 Å². The second kappa shape index (κ2) is 5.71. The molecule has 2 rings (SSSR count). The van der Waals surface area contributed by atoms with Crippen molar-refractivity contribution in [1.29, 1.82) is 0 Å². The van der Waals surface area contributed by atoms with E-state index >= 15 is 0 Å². The molecular formula is C11H16BrNS2. The van der Waals surface area contributed by atoms with Gasteiger partial charge >= 0.3 is 0 Å². The molecule has 2 atom stereocenters. The minimum Gasteiger partial charge on any atom is -0.316 e. The van der Waals surface area contributed by atoms with Crippen LogP contribution in [0.3, 0.4) is 0 Å². The Balaban J connectivity index is 1.95. The summed E-state index contributed by atoms with van der Waals surface area (Å²) in [7, 11) is 2.09. The fourth-order valence-electron chi connectivity index (χ4n) is 2.05. The highest BCUT2D eigenvalue weighted by Gasteiger charge is 2.24. The molecule has 0 saturated carbocycles. The normalized spacial score (nSPS) is 23.2. The Morgan fingerprint density at radius 2 is 2.47 bits per heavy atom. The molecule has 4 heteroatoms. The zero-order valence-corrected chi connectivity index (χ0v) is 12.1. The molecule has 0 spiro atoms. The molecule has 1 nitrogen and oxygen atoms in total. The summed E-state index contributed by atoms with van der Waals surface area (Å²) in [5.74, 6) is 3.54. The maximum absolute atomic E-state index is 3.52. The summed E-state index contributed by atoms with van der Waals surface area (Å²) >= 11 is 7.48. The third-order valence-corrected chi connectivity index (χ3v) is 5.79. The van der Waals surface area contributed by atoms with Crippen molar-refractivity contribution in [2.24, 2.45) is 5.92 Å². The summed E-state index contributed by atoms with van der Waals surface area (Å²) in [6.45, 7) is 0. The largest absolute Gasteiger partial charge is 0.316 e. The van der Waals surface area contributed by atoms with Gasteiger partial charge in [-0.25, -0.2) is 0 Å². The fraction of sp³-hybridized carbons (Fsp3) is 0.636. The van der Waals surface area contributed by atoms with Gasteiger partial charge in [-0.15, -0.1) is 11.3 Å². The number of thiophene rings is 1. The van der Waals surface area contributed by atoms with Crippen LogP contribution in [-0.4, -0.2) is 24.6 Å². The molecule has 84 valence electrons. The van der Waals surface area contributed by atoms with Crippen LogP contribution in [0.1, 0.15) is 11.3 Å². The van der Waals surface area contributed by atoms with Crippen molar-refractivity contribution in [1.82, 2.24) is 5.32 Å². The molecular weight excluding hydrogens is 290 g/mol. The summed E-state index contributed by atoms with van der Waals surface area (Å²) in [6.07, 6.45) is 2.56. The third-order valence-electron chi connectivity index (χ3n) is 2.95. The number of thioether (sulfide) groups is 1. The number of nitrogens with one attached hydrogen (secondary N) is 1. The van der Waals surface area contributed by atoms with E-state index in [1.54, 1.807) is 0 Å². The highest BCUT2D eigenvalue weighted by atomic mass is 79.9. The Labute approximate surface area is 108 Å². The standard InChI is InChI=1S/C11H16BrNS2/c1-13-10(8-4-5-14-7-8)6-9-2-3-11(12)15-9/h2-3,8,10,13H,4-7H2,1H3. The van der Waals surface area contributed by atoms with Gasteiger partial charge in [0.25, 0.3) is 0 Å². The van der Waals surface area contributed by atoms with Crippen LogP contribution >= 0.6 is 39.0 Å². The van der Waals surface area contributed by atoms with Gasteiger partial charge in [0, 0.05) is 10.9 Å². The Hall–Kier alpha value is 0.490. The smallest absolute Gasteiger partial charge is 0.0701 e. The summed E-state index contributed by atoms with van der Waals surface area (Å²) in [4.78, 5) is 1.48. The van der Waals surface area contributed by atoms with Crippen molar-refractivity contribution in [3.63, 3.8) is 0 Å².